The number of ketones is 1. The first kappa shape index (κ1) is 10.6. The van der Waals surface area contributed by atoms with Gasteiger partial charge in [-0.05, 0) is 0 Å². The first-order valence-corrected chi connectivity index (χ1v) is 5.25. The summed E-state index contributed by atoms with van der Waals surface area (Å²) < 4.78 is 5.04. The van der Waals surface area contributed by atoms with Gasteiger partial charge in [-0.15, -0.1) is 0 Å². The van der Waals surface area contributed by atoms with Crippen LogP contribution in [-0.2, 0) is 0 Å². The topological polar surface area (TPSA) is 43.1 Å². The molecule has 1 aromatic carbocycles. The molecule has 0 aliphatic heterocycles. The number of hydrogen-bond acceptors (Lipinski definition) is 3. The number of aromatic nitrogens is 1. The SMILES string of the molecule is CC(C)C(=O)c1cc(-c2ccccc2)no1. The molecule has 0 radical (unpaired) electrons. The van der Waals surface area contributed by atoms with E-state index in [1.54, 1.807) is 6.07 Å². The van der Waals surface area contributed by atoms with Crippen LogP contribution in [-0.4, -0.2) is 10.9 Å². The molecule has 0 unspecified atom stereocenters. The van der Waals surface area contributed by atoms with E-state index >= 15 is 0 Å². The lowest BCUT2D eigenvalue weighted by Gasteiger charge is -1.96. The van der Waals surface area contributed by atoms with Gasteiger partial charge in [0, 0.05) is 17.5 Å². The second-order valence-corrected chi connectivity index (χ2v) is 3.96. The lowest BCUT2D eigenvalue weighted by molar-refractivity contribution is 0.0902. The van der Waals surface area contributed by atoms with Gasteiger partial charge < -0.3 is 4.52 Å². The Bertz CT molecular complexity index is 486. The van der Waals surface area contributed by atoms with E-state index < -0.39 is 0 Å². The normalized spacial score (nSPS) is 10.7. The van der Waals surface area contributed by atoms with Crippen molar-refractivity contribution in [3.8, 4) is 11.3 Å². The molecule has 0 bridgehead atoms. The van der Waals surface area contributed by atoms with Gasteiger partial charge >= 0.3 is 0 Å². The van der Waals surface area contributed by atoms with Crippen LogP contribution in [0.2, 0.25) is 0 Å². The van der Waals surface area contributed by atoms with Crippen LogP contribution in [0.3, 0.4) is 0 Å². The Balaban J connectivity index is 2.30. The highest BCUT2D eigenvalue weighted by molar-refractivity contribution is 5.95. The third kappa shape index (κ3) is 2.03. The predicted octanol–water partition coefficient (Wildman–Crippen LogP) is 3.18. The molecule has 0 atom stereocenters. The number of carbonyl (C=O) groups is 1. The second kappa shape index (κ2) is 4.31. The van der Waals surface area contributed by atoms with E-state index in [0.717, 1.165) is 5.56 Å². The monoisotopic (exact) mass is 215 g/mol. The van der Waals surface area contributed by atoms with E-state index in [2.05, 4.69) is 5.16 Å². The van der Waals surface area contributed by atoms with Gasteiger partial charge in [-0.2, -0.15) is 0 Å². The molecule has 0 amide bonds. The highest BCUT2D eigenvalue weighted by Gasteiger charge is 2.16. The van der Waals surface area contributed by atoms with Crippen LogP contribution in [0.5, 0.6) is 0 Å². The summed E-state index contributed by atoms with van der Waals surface area (Å²) in [6.45, 7) is 3.68. The van der Waals surface area contributed by atoms with E-state index in [4.69, 9.17) is 4.52 Å². The van der Waals surface area contributed by atoms with E-state index in [0.29, 0.717) is 11.5 Å². The molecule has 1 heterocycles. The Labute approximate surface area is 94.1 Å². The van der Waals surface area contributed by atoms with Gasteiger partial charge in [-0.1, -0.05) is 49.3 Å². The van der Waals surface area contributed by atoms with Crippen molar-refractivity contribution in [1.29, 1.82) is 0 Å². The number of carbonyl (C=O) groups excluding carboxylic acids is 1. The summed E-state index contributed by atoms with van der Waals surface area (Å²) in [5.41, 5.74) is 1.65. The quantitative estimate of drug-likeness (QED) is 0.738. The molecule has 0 aliphatic carbocycles. The van der Waals surface area contributed by atoms with Crippen molar-refractivity contribution >= 4 is 5.78 Å². The fourth-order valence-electron chi connectivity index (χ4n) is 1.42. The zero-order valence-electron chi connectivity index (χ0n) is 9.31. The van der Waals surface area contributed by atoms with Crippen molar-refractivity contribution in [2.24, 2.45) is 5.92 Å². The van der Waals surface area contributed by atoms with Crippen LogP contribution in [0.15, 0.2) is 40.9 Å². The maximum absolute atomic E-state index is 11.7. The number of benzene rings is 1. The number of Topliss-reactive ketones (excluding diaryl/α,β-unsaturated/α-hetero) is 1. The van der Waals surface area contributed by atoms with Crippen LogP contribution in [0, 0.1) is 5.92 Å². The summed E-state index contributed by atoms with van der Waals surface area (Å²) in [6, 6.07) is 11.3. The molecule has 1 aromatic heterocycles. The molecule has 0 aliphatic rings. The lowest BCUT2D eigenvalue weighted by atomic mass is 10.1. The molecule has 0 N–H and O–H groups in total. The van der Waals surface area contributed by atoms with Crippen LogP contribution in [0.4, 0.5) is 0 Å². The van der Waals surface area contributed by atoms with Gasteiger partial charge in [0.1, 0.15) is 5.69 Å². The Hall–Kier alpha value is -1.90. The minimum Gasteiger partial charge on any atom is -0.352 e. The molecule has 3 nitrogen and oxygen atoms in total. The maximum Gasteiger partial charge on any atom is 0.203 e. The zero-order chi connectivity index (χ0) is 11.5. The standard InChI is InChI=1S/C13H13NO2/c1-9(2)13(15)12-8-11(14-16-12)10-6-4-3-5-7-10/h3-9H,1-2H3. The summed E-state index contributed by atoms with van der Waals surface area (Å²) in [6.07, 6.45) is 0. The molecule has 0 fully saturated rings. The lowest BCUT2D eigenvalue weighted by Crippen LogP contribution is -2.05. The third-order valence-electron chi connectivity index (χ3n) is 2.35. The van der Waals surface area contributed by atoms with E-state index in [1.165, 1.54) is 0 Å². The van der Waals surface area contributed by atoms with Gasteiger partial charge in [-0.25, -0.2) is 0 Å². The summed E-state index contributed by atoms with van der Waals surface area (Å²) in [5, 5.41) is 3.89. The van der Waals surface area contributed by atoms with Crippen LogP contribution in [0.25, 0.3) is 11.3 Å². The number of nitrogens with zero attached hydrogens (tertiary/aromatic N) is 1. The molecule has 0 saturated heterocycles. The maximum atomic E-state index is 11.7. The number of rotatable bonds is 3. The van der Waals surface area contributed by atoms with Gasteiger partial charge in [0.2, 0.25) is 11.5 Å². The van der Waals surface area contributed by atoms with Crippen molar-refractivity contribution in [1.82, 2.24) is 5.16 Å². The smallest absolute Gasteiger partial charge is 0.203 e. The van der Waals surface area contributed by atoms with Crippen molar-refractivity contribution < 1.29 is 9.32 Å². The van der Waals surface area contributed by atoms with Crippen LogP contribution < -0.4 is 0 Å². The van der Waals surface area contributed by atoms with Gasteiger partial charge in [0.25, 0.3) is 0 Å². The molecule has 82 valence electrons. The fourth-order valence-corrected chi connectivity index (χ4v) is 1.42. The number of hydrogen-bond donors (Lipinski definition) is 0. The summed E-state index contributed by atoms with van der Waals surface area (Å²) in [7, 11) is 0. The summed E-state index contributed by atoms with van der Waals surface area (Å²) in [4.78, 5) is 11.7. The van der Waals surface area contributed by atoms with Gasteiger partial charge in [-0.3, -0.25) is 4.79 Å². The molecule has 0 saturated carbocycles. The van der Waals surface area contributed by atoms with Crippen molar-refractivity contribution in [3.05, 3.63) is 42.2 Å². The molecular weight excluding hydrogens is 202 g/mol. The predicted molar refractivity (Wildman–Crippen MR) is 61.1 cm³/mol. The Morgan fingerprint density at radius 1 is 1.25 bits per heavy atom. The van der Waals surface area contributed by atoms with E-state index in [1.807, 2.05) is 44.2 Å². The average Bonchev–Trinajstić information content (AvgIpc) is 2.78. The molecule has 0 spiro atoms. The van der Waals surface area contributed by atoms with E-state index in [-0.39, 0.29) is 11.7 Å². The third-order valence-corrected chi connectivity index (χ3v) is 2.35. The second-order valence-electron chi connectivity index (χ2n) is 3.96. The zero-order valence-corrected chi connectivity index (χ0v) is 9.31. The van der Waals surface area contributed by atoms with Gasteiger partial charge in [0.05, 0.1) is 0 Å². The Kier molecular flexibility index (Phi) is 2.86. The minimum absolute atomic E-state index is 0.0188. The summed E-state index contributed by atoms with van der Waals surface area (Å²) >= 11 is 0. The van der Waals surface area contributed by atoms with Crippen LogP contribution in [0.1, 0.15) is 24.4 Å². The fraction of sp³-hybridized carbons (Fsp3) is 0.231. The highest BCUT2D eigenvalue weighted by atomic mass is 16.5. The van der Waals surface area contributed by atoms with Gasteiger partial charge in [0.15, 0.2) is 0 Å². The largest absolute Gasteiger partial charge is 0.352 e. The van der Waals surface area contributed by atoms with E-state index in [9.17, 15) is 4.79 Å². The van der Waals surface area contributed by atoms with Crippen molar-refractivity contribution in [2.75, 3.05) is 0 Å². The average molecular weight is 215 g/mol. The molecule has 2 rings (SSSR count). The Morgan fingerprint density at radius 3 is 2.56 bits per heavy atom. The molecule has 3 heteroatoms. The Morgan fingerprint density at radius 2 is 1.94 bits per heavy atom. The van der Waals surface area contributed by atoms with Crippen LogP contribution >= 0.6 is 0 Å². The van der Waals surface area contributed by atoms with Crippen molar-refractivity contribution in [3.63, 3.8) is 0 Å². The first-order chi connectivity index (χ1) is 7.68. The summed E-state index contributed by atoms with van der Waals surface area (Å²) in [5.74, 6) is 0.236. The first-order valence-electron chi connectivity index (χ1n) is 5.25. The molecule has 2 aromatic rings. The van der Waals surface area contributed by atoms with Crippen molar-refractivity contribution in [2.45, 2.75) is 13.8 Å². The molecular formula is C13H13NO2. The molecule has 16 heavy (non-hydrogen) atoms. The minimum atomic E-state index is -0.0726. The highest BCUT2D eigenvalue weighted by Crippen LogP contribution is 2.20.